The average molecular weight is 614 g/mol. The van der Waals surface area contributed by atoms with E-state index in [1.54, 1.807) is 18.2 Å². The molecule has 0 aliphatic carbocycles. The van der Waals surface area contributed by atoms with Crippen LogP contribution in [-0.4, -0.2) is 13.3 Å². The standard InChI is InChI=1S/C19H12Cl3IN2O5S/c1-10-2-3-11(6-17(10)23)24-31(28,29)13-8-15(21)19(16(22)9-13)30-18-5-4-12(25(26)27)7-14(18)20/h2-9,24H,1H3. The van der Waals surface area contributed by atoms with Crippen LogP contribution in [0.25, 0.3) is 0 Å². The Kier molecular flexibility index (Phi) is 7.21. The zero-order chi connectivity index (χ0) is 22.9. The van der Waals surface area contributed by atoms with E-state index in [1.807, 2.05) is 6.92 Å². The molecule has 0 radical (unpaired) electrons. The molecule has 0 heterocycles. The van der Waals surface area contributed by atoms with Gasteiger partial charge >= 0.3 is 0 Å². The minimum absolute atomic E-state index is 0.0336. The molecule has 1 N–H and O–H groups in total. The number of sulfonamides is 1. The highest BCUT2D eigenvalue weighted by Crippen LogP contribution is 2.41. The molecular formula is C19H12Cl3IN2O5S. The fraction of sp³-hybridized carbons (Fsp3) is 0.0526. The molecular weight excluding hydrogens is 602 g/mol. The highest BCUT2D eigenvalue weighted by atomic mass is 127. The number of nitrogens with zero attached hydrogens (tertiary/aromatic N) is 1. The van der Waals surface area contributed by atoms with Gasteiger partial charge in [-0.15, -0.1) is 0 Å². The molecule has 3 aromatic carbocycles. The van der Waals surface area contributed by atoms with Crippen LogP contribution in [0.5, 0.6) is 11.5 Å². The number of rotatable bonds is 6. The molecule has 3 aromatic rings. The number of non-ortho nitro benzene ring substituents is 1. The van der Waals surface area contributed by atoms with Gasteiger partial charge in [0.1, 0.15) is 5.75 Å². The Morgan fingerprint density at radius 3 is 2.19 bits per heavy atom. The largest absolute Gasteiger partial charge is 0.453 e. The van der Waals surface area contributed by atoms with Gasteiger partial charge < -0.3 is 4.74 Å². The number of anilines is 1. The van der Waals surface area contributed by atoms with E-state index in [9.17, 15) is 18.5 Å². The Balaban J connectivity index is 1.91. The minimum Gasteiger partial charge on any atom is -0.453 e. The molecule has 0 atom stereocenters. The minimum atomic E-state index is -3.98. The fourth-order valence-corrected chi connectivity index (χ4v) is 4.98. The van der Waals surface area contributed by atoms with Gasteiger partial charge in [0.15, 0.2) is 5.75 Å². The van der Waals surface area contributed by atoms with E-state index >= 15 is 0 Å². The highest BCUT2D eigenvalue weighted by Gasteiger charge is 2.21. The van der Waals surface area contributed by atoms with Crippen molar-refractivity contribution >= 4 is 78.8 Å². The summed E-state index contributed by atoms with van der Waals surface area (Å²) in [5.41, 5.74) is 1.19. The van der Waals surface area contributed by atoms with E-state index in [4.69, 9.17) is 39.5 Å². The number of halogens is 4. The quantitative estimate of drug-likeness (QED) is 0.182. The van der Waals surface area contributed by atoms with Crippen molar-refractivity contribution in [3.05, 3.63) is 82.8 Å². The maximum Gasteiger partial charge on any atom is 0.271 e. The second-order valence-corrected chi connectivity index (χ2v) is 10.3. The first-order chi connectivity index (χ1) is 14.5. The number of benzene rings is 3. The first-order valence-electron chi connectivity index (χ1n) is 8.38. The Morgan fingerprint density at radius 1 is 1.00 bits per heavy atom. The predicted octanol–water partition coefficient (Wildman–Crippen LogP) is 7.06. The molecule has 7 nitrogen and oxygen atoms in total. The summed E-state index contributed by atoms with van der Waals surface area (Å²) >= 11 is 20.6. The molecule has 3 rings (SSSR count). The lowest BCUT2D eigenvalue weighted by Crippen LogP contribution is -2.13. The molecule has 162 valence electrons. The summed E-state index contributed by atoms with van der Waals surface area (Å²) in [6, 6.07) is 11.1. The van der Waals surface area contributed by atoms with Gasteiger partial charge in [0, 0.05) is 21.4 Å². The molecule has 0 aliphatic rings. The van der Waals surface area contributed by atoms with E-state index in [2.05, 4.69) is 27.3 Å². The lowest BCUT2D eigenvalue weighted by atomic mass is 10.2. The molecule has 0 bridgehead atoms. The van der Waals surface area contributed by atoms with E-state index in [0.717, 1.165) is 15.2 Å². The maximum absolute atomic E-state index is 12.8. The van der Waals surface area contributed by atoms with Crippen LogP contribution in [0.15, 0.2) is 53.4 Å². The summed E-state index contributed by atoms with van der Waals surface area (Å²) in [4.78, 5) is 10.1. The highest BCUT2D eigenvalue weighted by molar-refractivity contribution is 14.1. The third kappa shape index (κ3) is 5.53. The number of ether oxygens (including phenoxy) is 1. The number of hydrogen-bond acceptors (Lipinski definition) is 5. The van der Waals surface area contributed by atoms with Gasteiger partial charge in [-0.1, -0.05) is 40.9 Å². The molecule has 0 fully saturated rings. The number of hydrogen-bond donors (Lipinski definition) is 1. The molecule has 0 aliphatic heterocycles. The third-order valence-corrected chi connectivity index (χ3v) is 7.42. The van der Waals surface area contributed by atoms with Gasteiger partial charge in [0.25, 0.3) is 15.7 Å². The van der Waals surface area contributed by atoms with Crippen molar-refractivity contribution in [2.75, 3.05) is 4.72 Å². The summed E-state index contributed by atoms with van der Waals surface area (Å²) in [6.07, 6.45) is 0. The van der Waals surface area contributed by atoms with Gasteiger partial charge in [-0.05, 0) is 65.4 Å². The Hall–Kier alpha value is -1.79. The molecule has 0 aromatic heterocycles. The molecule has 12 heteroatoms. The molecule has 0 unspecified atom stereocenters. The monoisotopic (exact) mass is 612 g/mol. The van der Waals surface area contributed by atoms with Gasteiger partial charge in [-0.2, -0.15) is 0 Å². The third-order valence-electron chi connectivity index (χ3n) is 4.04. The second-order valence-electron chi connectivity index (χ2n) is 6.26. The Morgan fingerprint density at radius 2 is 1.65 bits per heavy atom. The summed E-state index contributed by atoms with van der Waals surface area (Å²) in [5.74, 6) is 0.0296. The van der Waals surface area contributed by atoms with Crippen LogP contribution in [0.3, 0.4) is 0 Å². The van der Waals surface area contributed by atoms with Crippen molar-refractivity contribution in [2.24, 2.45) is 0 Å². The lowest BCUT2D eigenvalue weighted by Gasteiger charge is -2.14. The van der Waals surface area contributed by atoms with E-state index in [1.165, 1.54) is 24.3 Å². The summed E-state index contributed by atoms with van der Waals surface area (Å²) in [7, 11) is -3.98. The van der Waals surface area contributed by atoms with Crippen LogP contribution in [0, 0.1) is 20.6 Å². The van der Waals surface area contributed by atoms with Crippen molar-refractivity contribution < 1.29 is 18.1 Å². The van der Waals surface area contributed by atoms with Crippen molar-refractivity contribution in [1.82, 2.24) is 0 Å². The van der Waals surface area contributed by atoms with Crippen LogP contribution >= 0.6 is 57.4 Å². The lowest BCUT2D eigenvalue weighted by molar-refractivity contribution is -0.384. The Bertz CT molecular complexity index is 1280. The van der Waals surface area contributed by atoms with E-state index in [-0.39, 0.29) is 37.1 Å². The number of nitro benzene ring substituents is 1. The van der Waals surface area contributed by atoms with Crippen LogP contribution in [0.2, 0.25) is 15.1 Å². The van der Waals surface area contributed by atoms with Gasteiger partial charge in [0.2, 0.25) is 0 Å². The molecule has 0 saturated carbocycles. The molecule has 0 spiro atoms. The van der Waals surface area contributed by atoms with Gasteiger partial charge in [-0.25, -0.2) is 8.42 Å². The van der Waals surface area contributed by atoms with Crippen molar-refractivity contribution in [3.8, 4) is 11.5 Å². The zero-order valence-electron chi connectivity index (χ0n) is 15.5. The predicted molar refractivity (Wildman–Crippen MR) is 129 cm³/mol. The summed E-state index contributed by atoms with van der Waals surface area (Å²) in [5, 5.41) is 10.6. The first-order valence-corrected chi connectivity index (χ1v) is 12.1. The van der Waals surface area contributed by atoms with Gasteiger partial charge in [0.05, 0.1) is 24.9 Å². The van der Waals surface area contributed by atoms with Crippen molar-refractivity contribution in [1.29, 1.82) is 0 Å². The molecule has 0 amide bonds. The first kappa shape index (κ1) is 23.9. The molecule has 31 heavy (non-hydrogen) atoms. The van der Waals surface area contributed by atoms with E-state index in [0.29, 0.717) is 5.69 Å². The van der Waals surface area contributed by atoms with Crippen LogP contribution < -0.4 is 9.46 Å². The Labute approximate surface area is 206 Å². The smallest absolute Gasteiger partial charge is 0.271 e. The fourth-order valence-electron chi connectivity index (χ4n) is 2.46. The summed E-state index contributed by atoms with van der Waals surface area (Å²) in [6.45, 7) is 1.91. The number of nitro groups is 1. The second kappa shape index (κ2) is 9.37. The van der Waals surface area contributed by atoms with Crippen LogP contribution in [-0.2, 0) is 10.0 Å². The van der Waals surface area contributed by atoms with Crippen LogP contribution in [0.4, 0.5) is 11.4 Å². The molecule has 0 saturated heterocycles. The normalized spacial score (nSPS) is 11.3. The number of nitrogens with one attached hydrogen (secondary N) is 1. The van der Waals surface area contributed by atoms with Crippen LogP contribution in [0.1, 0.15) is 5.56 Å². The van der Waals surface area contributed by atoms with Crippen molar-refractivity contribution in [2.45, 2.75) is 11.8 Å². The van der Waals surface area contributed by atoms with Gasteiger partial charge in [-0.3, -0.25) is 14.8 Å². The van der Waals surface area contributed by atoms with Crippen molar-refractivity contribution in [3.63, 3.8) is 0 Å². The number of aryl methyl sites for hydroxylation is 1. The SMILES string of the molecule is Cc1ccc(NS(=O)(=O)c2cc(Cl)c(Oc3ccc([N+](=O)[O-])cc3Cl)c(Cl)c2)cc1I. The topological polar surface area (TPSA) is 98.5 Å². The average Bonchev–Trinajstić information content (AvgIpc) is 2.68. The van der Waals surface area contributed by atoms with E-state index < -0.39 is 14.9 Å². The maximum atomic E-state index is 12.8. The summed E-state index contributed by atoms with van der Waals surface area (Å²) < 4.78 is 34.5. The zero-order valence-corrected chi connectivity index (χ0v) is 20.8.